The van der Waals surface area contributed by atoms with Crippen molar-refractivity contribution >= 4 is 28.8 Å². The summed E-state index contributed by atoms with van der Waals surface area (Å²) in [5.74, 6) is -158. The van der Waals surface area contributed by atoms with Gasteiger partial charge < -0.3 is 9.47 Å². The van der Waals surface area contributed by atoms with Crippen molar-refractivity contribution in [3.63, 3.8) is 0 Å². The van der Waals surface area contributed by atoms with Crippen LogP contribution >= 0.6 is 11.6 Å². The van der Waals surface area contributed by atoms with Gasteiger partial charge in [0, 0.05) is 25.7 Å². The second kappa shape index (κ2) is 28.4. The van der Waals surface area contributed by atoms with Gasteiger partial charge in [-0.05, 0) is 44.2 Å². The summed E-state index contributed by atoms with van der Waals surface area (Å²) in [6.07, 6.45) is -28.9. The topological polar surface area (TPSA) is 69.7 Å². The van der Waals surface area contributed by atoms with Crippen molar-refractivity contribution in [1.29, 1.82) is 0 Å². The average Bonchev–Trinajstić information content (AvgIpc) is 0.697. The van der Waals surface area contributed by atoms with E-state index in [4.69, 9.17) is 21.1 Å². The van der Waals surface area contributed by atoms with Gasteiger partial charge in [0.15, 0.2) is 0 Å². The molecular formula is C45H43ClF42O5. The van der Waals surface area contributed by atoms with Crippen molar-refractivity contribution in [1.82, 2.24) is 0 Å². The van der Waals surface area contributed by atoms with Crippen molar-refractivity contribution in [2.24, 2.45) is 5.41 Å². The first-order chi connectivity index (χ1) is 40.6. The molecule has 0 fully saturated rings. The first-order valence-electron chi connectivity index (χ1n) is 25.1. The Morgan fingerprint density at radius 3 is 0.591 bits per heavy atom. The second-order valence-electron chi connectivity index (χ2n) is 20.7. The molecule has 0 radical (unpaired) electrons. The lowest BCUT2D eigenvalue weighted by atomic mass is 9.85. The van der Waals surface area contributed by atoms with Crippen molar-refractivity contribution in [2.75, 3.05) is 13.2 Å². The number of rotatable bonds is 41. The van der Waals surface area contributed by atoms with Gasteiger partial charge in [-0.3, -0.25) is 14.4 Å². The lowest BCUT2D eigenvalue weighted by Crippen LogP contribution is -2.76. The average molecular weight is 1500 g/mol. The summed E-state index contributed by atoms with van der Waals surface area (Å²) in [6.45, 7) is -0.839. The molecule has 554 valence electrons. The Kier molecular flexibility index (Phi) is 27.2. The molecule has 0 aliphatic carbocycles. The van der Waals surface area contributed by atoms with E-state index >= 15 is 0 Å². The minimum atomic E-state index is -9.30. The first kappa shape index (κ1) is 89.0. The second-order valence-corrected chi connectivity index (χ2v) is 21.0. The molecule has 0 rings (SSSR count). The third kappa shape index (κ3) is 15.9. The predicted molar refractivity (Wildman–Crippen MR) is 225 cm³/mol. The van der Waals surface area contributed by atoms with Gasteiger partial charge in [-0.25, -0.2) is 0 Å². The van der Waals surface area contributed by atoms with Crippen molar-refractivity contribution < 1.29 is 208 Å². The highest BCUT2D eigenvalue weighted by molar-refractivity contribution is 6.64. The zero-order chi connectivity index (χ0) is 74.8. The Balaban J connectivity index is 5.18. The maximum atomic E-state index is 14.2. The maximum absolute atomic E-state index is 14.2. The van der Waals surface area contributed by atoms with Crippen LogP contribution in [0.5, 0.6) is 0 Å². The van der Waals surface area contributed by atoms with Gasteiger partial charge in [0.05, 0.1) is 0 Å². The zero-order valence-corrected chi connectivity index (χ0v) is 46.2. The molecule has 48 heteroatoms. The molecule has 0 aromatic heterocycles. The van der Waals surface area contributed by atoms with Crippen LogP contribution in [0.3, 0.4) is 0 Å². The smallest absolute Gasteiger partial charge is 0.460 e. The van der Waals surface area contributed by atoms with E-state index in [0.717, 1.165) is 6.92 Å². The highest BCUT2D eigenvalue weighted by Crippen LogP contribution is 2.69. The molecule has 0 heterocycles. The highest BCUT2D eigenvalue weighted by Gasteiger charge is 3.00. The third-order valence-electron chi connectivity index (χ3n) is 13.5. The number of carbonyl (C=O) groups excluding carboxylic acids is 3. The fourth-order valence-electron chi connectivity index (χ4n) is 7.27. The molecule has 0 aliphatic heterocycles. The Bertz CT molecular complexity index is 2310. The molecule has 0 unspecified atom stereocenters. The molecule has 0 N–H and O–H groups in total. The number of ether oxygens (including phenoxy) is 2. The maximum Gasteiger partial charge on any atom is 0.460 e. The Hall–Kier alpha value is -4.04. The molecule has 5 nitrogen and oxygen atoms in total. The van der Waals surface area contributed by atoms with E-state index in [2.05, 4.69) is 0 Å². The van der Waals surface area contributed by atoms with Gasteiger partial charge in [0.1, 0.15) is 18.6 Å². The molecule has 0 amide bonds. The summed E-state index contributed by atoms with van der Waals surface area (Å²) in [5.41, 5.74) is -1.99. The summed E-state index contributed by atoms with van der Waals surface area (Å²) in [6, 6.07) is 0. The normalized spacial score (nSPS) is 15.7. The van der Waals surface area contributed by atoms with E-state index < -0.39 is 219 Å². The zero-order valence-electron chi connectivity index (χ0n) is 45.4. The summed E-state index contributed by atoms with van der Waals surface area (Å²) in [4.78, 5) is 36.5. The van der Waals surface area contributed by atoms with Crippen LogP contribution in [0.15, 0.2) is 0 Å². The molecule has 93 heavy (non-hydrogen) atoms. The number of unbranched alkanes of at least 4 members (excludes halogenated alkanes) is 12. The van der Waals surface area contributed by atoms with Crippen molar-refractivity contribution in [3.05, 3.63) is 0 Å². The minimum absolute atomic E-state index is 0.0246. The monoisotopic (exact) mass is 1500 g/mol. The quantitative estimate of drug-likeness (QED) is 0.0264. The molecule has 0 saturated carbocycles. The molecule has 0 bridgehead atoms. The van der Waals surface area contributed by atoms with Crippen LogP contribution in [0.4, 0.5) is 184 Å². The number of halogens is 43. The molecule has 0 aliphatic rings. The number of hydrogen-bond donors (Lipinski definition) is 0. The summed E-state index contributed by atoms with van der Waals surface area (Å²) >= 11 is 5.49. The van der Waals surface area contributed by atoms with Gasteiger partial charge in [-0.1, -0.05) is 64.2 Å². The molecule has 0 aromatic rings. The van der Waals surface area contributed by atoms with E-state index in [1.165, 1.54) is 0 Å². The largest absolute Gasteiger partial charge is 0.464 e. The van der Waals surface area contributed by atoms with Crippen LogP contribution in [0, 0.1) is 5.41 Å². The van der Waals surface area contributed by atoms with Crippen LogP contribution in [0.25, 0.3) is 0 Å². The predicted octanol–water partition coefficient (Wildman–Crippen LogP) is 20.4. The van der Waals surface area contributed by atoms with Crippen molar-refractivity contribution in [2.45, 2.75) is 241 Å². The minimum Gasteiger partial charge on any atom is -0.464 e. The van der Waals surface area contributed by atoms with Gasteiger partial charge in [0.25, 0.3) is 0 Å². The SMILES string of the molecule is CC(COC(=O)CCCCCCCCCC(F)(F)C(F)(F)C(F)(F)C(F)(F)C(F)(F)C(F)(F)C(F)(F)C(F)(F)C(F)(F)C(F)(F)F)(COC(=O)CCCCCCCCCC(F)(F)C(F)(F)C(F)(F)C(F)(F)C(F)(F)C(F)(F)C(F)(F)C(F)(F)C(F)(F)C(F)(F)F)C(=O)Cl. The molecular weight excluding hydrogens is 1450 g/mol. The van der Waals surface area contributed by atoms with E-state index in [1.807, 2.05) is 0 Å². The fourth-order valence-corrected chi connectivity index (χ4v) is 7.38. The standard InChI is InChI=1S/C45H43ClF42O5/c1-25(24(46)91,20-92-22(89)16-12-8-4-2-6-10-14-18-26(47,48)28(51,52)30(55,56)32(59,60)34(63,64)36(67,68)38(71,72)40(75,76)42(79,80)44(83,84)85)21-93-23(90)17-13-9-5-3-7-11-15-19-27(49,50)29(53,54)31(57,58)33(61,62)35(65,66)37(69,70)39(73,74)41(77,78)43(81,82)45(86,87)88/h2-21H2,1H3. The highest BCUT2D eigenvalue weighted by atomic mass is 35.5. The van der Waals surface area contributed by atoms with Crippen LogP contribution in [0.1, 0.15) is 122 Å². The van der Waals surface area contributed by atoms with Crippen LogP contribution in [-0.2, 0) is 23.9 Å². The van der Waals surface area contributed by atoms with E-state index in [-0.39, 0.29) is 51.4 Å². The van der Waals surface area contributed by atoms with Gasteiger partial charge in [-0.15, -0.1) is 0 Å². The Labute approximate surface area is 497 Å². The van der Waals surface area contributed by atoms with Crippen LogP contribution < -0.4 is 0 Å². The van der Waals surface area contributed by atoms with Crippen LogP contribution in [-0.4, -0.2) is 149 Å². The van der Waals surface area contributed by atoms with Gasteiger partial charge in [-0.2, -0.15) is 184 Å². The number of carbonyl (C=O) groups is 3. The summed E-state index contributed by atoms with van der Waals surface area (Å²) in [7, 11) is 0. The summed E-state index contributed by atoms with van der Waals surface area (Å²) < 4.78 is 581. The van der Waals surface area contributed by atoms with E-state index in [1.54, 1.807) is 0 Å². The third-order valence-corrected chi connectivity index (χ3v) is 13.9. The Morgan fingerprint density at radius 1 is 0.247 bits per heavy atom. The molecule has 0 aromatic carbocycles. The molecule has 0 spiro atoms. The number of esters is 2. The Morgan fingerprint density at radius 2 is 0.409 bits per heavy atom. The van der Waals surface area contributed by atoms with E-state index in [0.29, 0.717) is 0 Å². The van der Waals surface area contributed by atoms with Crippen LogP contribution in [0.2, 0.25) is 0 Å². The van der Waals surface area contributed by atoms with E-state index in [9.17, 15) is 199 Å². The van der Waals surface area contributed by atoms with Gasteiger partial charge >= 0.3 is 131 Å². The van der Waals surface area contributed by atoms with Gasteiger partial charge in [0.2, 0.25) is 5.24 Å². The first-order valence-corrected chi connectivity index (χ1v) is 25.5. The lowest BCUT2D eigenvalue weighted by Gasteiger charge is -2.44. The number of alkyl halides is 42. The lowest BCUT2D eigenvalue weighted by molar-refractivity contribution is -0.474. The fraction of sp³-hybridized carbons (Fsp3) is 0.933. The molecule has 0 atom stereocenters. The summed E-state index contributed by atoms with van der Waals surface area (Å²) in [5, 5.41) is -1.30. The van der Waals surface area contributed by atoms with Crippen molar-refractivity contribution in [3.8, 4) is 0 Å². The number of hydrogen-bond acceptors (Lipinski definition) is 5. The molecule has 0 saturated heterocycles.